The van der Waals surface area contributed by atoms with Crippen molar-refractivity contribution in [3.05, 3.63) is 23.7 Å². The van der Waals surface area contributed by atoms with Crippen molar-refractivity contribution in [3.63, 3.8) is 0 Å². The van der Waals surface area contributed by atoms with E-state index in [9.17, 15) is 4.79 Å². The van der Waals surface area contributed by atoms with Gasteiger partial charge < -0.3 is 19.0 Å². The molecule has 0 aromatic carbocycles. The highest BCUT2D eigenvalue weighted by Gasteiger charge is 2.15. The lowest BCUT2D eigenvalue weighted by molar-refractivity contribution is -0.137. The van der Waals surface area contributed by atoms with Gasteiger partial charge in [0.05, 0.1) is 6.54 Å². The van der Waals surface area contributed by atoms with Crippen molar-refractivity contribution in [1.29, 1.82) is 0 Å². The summed E-state index contributed by atoms with van der Waals surface area (Å²) in [4.78, 5) is 15.9. The number of carbonyl (C=O) groups excluding carboxylic acids is 1. The molecule has 0 N–H and O–H groups in total. The Morgan fingerprint density at radius 1 is 1.32 bits per heavy atom. The van der Waals surface area contributed by atoms with Crippen molar-refractivity contribution in [3.8, 4) is 0 Å². The van der Waals surface area contributed by atoms with E-state index in [4.69, 9.17) is 9.15 Å². The zero-order valence-corrected chi connectivity index (χ0v) is 12.3. The molecule has 19 heavy (non-hydrogen) atoms. The SMILES string of the molecule is CCOCC(=O)N(CCN(C)C)Cc1ccc(C)o1. The van der Waals surface area contributed by atoms with Crippen molar-refractivity contribution in [1.82, 2.24) is 9.80 Å². The first-order valence-corrected chi connectivity index (χ1v) is 6.58. The molecule has 0 saturated heterocycles. The topological polar surface area (TPSA) is 45.9 Å². The maximum atomic E-state index is 12.1. The van der Waals surface area contributed by atoms with Crippen LogP contribution in [0.3, 0.4) is 0 Å². The molecule has 0 aliphatic carbocycles. The molecule has 1 rings (SSSR count). The predicted molar refractivity (Wildman–Crippen MR) is 73.9 cm³/mol. The fraction of sp³-hybridized carbons (Fsp3) is 0.643. The third-order valence-electron chi connectivity index (χ3n) is 2.74. The monoisotopic (exact) mass is 268 g/mol. The van der Waals surface area contributed by atoms with E-state index < -0.39 is 0 Å². The summed E-state index contributed by atoms with van der Waals surface area (Å²) >= 11 is 0. The molecule has 1 heterocycles. The molecular weight excluding hydrogens is 244 g/mol. The summed E-state index contributed by atoms with van der Waals surface area (Å²) in [5.41, 5.74) is 0. The molecule has 1 aromatic rings. The summed E-state index contributed by atoms with van der Waals surface area (Å²) < 4.78 is 10.7. The number of rotatable bonds is 8. The summed E-state index contributed by atoms with van der Waals surface area (Å²) in [5, 5.41) is 0. The van der Waals surface area contributed by atoms with E-state index >= 15 is 0 Å². The fourth-order valence-corrected chi connectivity index (χ4v) is 1.65. The minimum Gasteiger partial charge on any atom is -0.464 e. The van der Waals surface area contributed by atoms with Gasteiger partial charge in [-0.1, -0.05) is 0 Å². The van der Waals surface area contributed by atoms with Gasteiger partial charge in [-0.25, -0.2) is 0 Å². The number of hydrogen-bond acceptors (Lipinski definition) is 4. The molecule has 0 unspecified atom stereocenters. The minimum atomic E-state index is -0.00208. The summed E-state index contributed by atoms with van der Waals surface area (Å²) in [6.07, 6.45) is 0. The molecule has 5 heteroatoms. The molecule has 1 aromatic heterocycles. The van der Waals surface area contributed by atoms with Gasteiger partial charge in [-0.3, -0.25) is 4.79 Å². The van der Waals surface area contributed by atoms with Gasteiger partial charge in [0.2, 0.25) is 5.91 Å². The maximum absolute atomic E-state index is 12.1. The maximum Gasteiger partial charge on any atom is 0.249 e. The van der Waals surface area contributed by atoms with Gasteiger partial charge in [-0.15, -0.1) is 0 Å². The quantitative estimate of drug-likeness (QED) is 0.717. The van der Waals surface area contributed by atoms with E-state index in [0.29, 0.717) is 19.7 Å². The highest BCUT2D eigenvalue weighted by atomic mass is 16.5. The van der Waals surface area contributed by atoms with Crippen LogP contribution in [0.25, 0.3) is 0 Å². The molecule has 0 spiro atoms. The Kier molecular flexibility index (Phi) is 6.59. The summed E-state index contributed by atoms with van der Waals surface area (Å²) in [7, 11) is 3.98. The molecule has 1 amide bonds. The van der Waals surface area contributed by atoms with Crippen LogP contribution < -0.4 is 0 Å². The van der Waals surface area contributed by atoms with Crippen molar-refractivity contribution in [2.75, 3.05) is 40.4 Å². The third kappa shape index (κ3) is 5.89. The van der Waals surface area contributed by atoms with Crippen molar-refractivity contribution < 1.29 is 13.9 Å². The highest BCUT2D eigenvalue weighted by Crippen LogP contribution is 2.10. The van der Waals surface area contributed by atoms with Crippen molar-refractivity contribution in [2.24, 2.45) is 0 Å². The van der Waals surface area contributed by atoms with Crippen molar-refractivity contribution >= 4 is 5.91 Å². The Labute approximate surface area is 115 Å². The van der Waals surface area contributed by atoms with Gasteiger partial charge in [-0.2, -0.15) is 0 Å². The molecule has 5 nitrogen and oxygen atoms in total. The van der Waals surface area contributed by atoms with Crippen LogP contribution in [0.4, 0.5) is 0 Å². The van der Waals surface area contributed by atoms with E-state index in [1.54, 1.807) is 4.90 Å². The van der Waals surface area contributed by atoms with Gasteiger partial charge in [0.1, 0.15) is 18.1 Å². The van der Waals surface area contributed by atoms with Gasteiger partial charge in [0, 0.05) is 19.7 Å². The molecule has 0 aliphatic rings. The Balaban J connectivity index is 2.59. The van der Waals surface area contributed by atoms with E-state index in [1.165, 1.54) is 0 Å². The average molecular weight is 268 g/mol. The van der Waals surface area contributed by atoms with Gasteiger partial charge in [0.15, 0.2) is 0 Å². The van der Waals surface area contributed by atoms with Gasteiger partial charge in [-0.05, 0) is 40.1 Å². The van der Waals surface area contributed by atoms with Crippen LogP contribution in [0.2, 0.25) is 0 Å². The number of amides is 1. The Morgan fingerprint density at radius 3 is 2.58 bits per heavy atom. The first kappa shape index (κ1) is 15.7. The fourth-order valence-electron chi connectivity index (χ4n) is 1.65. The smallest absolute Gasteiger partial charge is 0.249 e. The lowest BCUT2D eigenvalue weighted by atomic mass is 10.3. The molecule has 108 valence electrons. The first-order valence-electron chi connectivity index (χ1n) is 6.58. The van der Waals surface area contributed by atoms with Gasteiger partial charge in [0.25, 0.3) is 0 Å². The van der Waals surface area contributed by atoms with Crippen LogP contribution in [0.5, 0.6) is 0 Å². The second-order valence-corrected chi connectivity index (χ2v) is 4.77. The van der Waals surface area contributed by atoms with Gasteiger partial charge >= 0.3 is 0 Å². The Hall–Kier alpha value is -1.33. The molecule has 0 fully saturated rings. The number of likely N-dealkylation sites (N-methyl/N-ethyl adjacent to an activating group) is 1. The van der Waals surface area contributed by atoms with E-state index in [2.05, 4.69) is 0 Å². The Bertz CT molecular complexity index is 388. The molecule has 0 saturated carbocycles. The first-order chi connectivity index (χ1) is 9.02. The lowest BCUT2D eigenvalue weighted by Gasteiger charge is -2.23. The number of carbonyl (C=O) groups is 1. The molecule has 0 aliphatic heterocycles. The highest BCUT2D eigenvalue weighted by molar-refractivity contribution is 5.77. The predicted octanol–water partition coefficient (Wildman–Crippen LogP) is 1.51. The number of aryl methyl sites for hydroxylation is 1. The normalized spacial score (nSPS) is 11.0. The average Bonchev–Trinajstić information content (AvgIpc) is 2.76. The van der Waals surface area contributed by atoms with E-state index in [0.717, 1.165) is 18.1 Å². The number of furan rings is 1. The summed E-state index contributed by atoms with van der Waals surface area (Å²) in [6.45, 7) is 6.43. The second kappa shape index (κ2) is 7.96. The van der Waals surface area contributed by atoms with Crippen molar-refractivity contribution in [2.45, 2.75) is 20.4 Å². The summed E-state index contributed by atoms with van der Waals surface area (Å²) in [6, 6.07) is 3.82. The van der Waals surface area contributed by atoms with Crippen LogP contribution in [-0.4, -0.2) is 56.1 Å². The van der Waals surface area contributed by atoms with Crippen LogP contribution in [0.1, 0.15) is 18.4 Å². The standard InChI is InChI=1S/C14H24N2O3/c1-5-18-11-14(17)16(9-8-15(3)4)10-13-7-6-12(2)19-13/h6-7H,5,8-11H2,1-4H3. The number of hydrogen-bond donors (Lipinski definition) is 0. The van der Waals surface area contributed by atoms with Crippen LogP contribution >= 0.6 is 0 Å². The number of ether oxygens (including phenoxy) is 1. The minimum absolute atomic E-state index is 0.00208. The largest absolute Gasteiger partial charge is 0.464 e. The van der Waals surface area contributed by atoms with Crippen LogP contribution in [0, 0.1) is 6.92 Å². The zero-order chi connectivity index (χ0) is 14.3. The second-order valence-electron chi connectivity index (χ2n) is 4.77. The molecule has 0 bridgehead atoms. The molecule has 0 radical (unpaired) electrons. The van der Waals surface area contributed by atoms with E-state index in [1.807, 2.05) is 45.0 Å². The molecular formula is C14H24N2O3. The van der Waals surface area contributed by atoms with Crippen LogP contribution in [0.15, 0.2) is 16.5 Å². The third-order valence-corrected chi connectivity index (χ3v) is 2.74. The summed E-state index contributed by atoms with van der Waals surface area (Å²) in [5.74, 6) is 1.67. The Morgan fingerprint density at radius 2 is 2.05 bits per heavy atom. The molecule has 0 atom stereocenters. The zero-order valence-electron chi connectivity index (χ0n) is 12.3. The van der Waals surface area contributed by atoms with Crippen LogP contribution in [-0.2, 0) is 16.1 Å². The lowest BCUT2D eigenvalue weighted by Crippen LogP contribution is -2.38. The van der Waals surface area contributed by atoms with E-state index in [-0.39, 0.29) is 12.5 Å². The number of nitrogens with zero attached hydrogens (tertiary/aromatic N) is 2.